The van der Waals surface area contributed by atoms with Gasteiger partial charge in [0.2, 0.25) is 0 Å². The van der Waals surface area contributed by atoms with Gasteiger partial charge in [-0.15, -0.1) is 27.3 Å². The summed E-state index contributed by atoms with van der Waals surface area (Å²) >= 11 is 0. The molecule has 7 heteroatoms. The zero-order chi connectivity index (χ0) is 13.5. The fourth-order valence-corrected chi connectivity index (χ4v) is 1.60. The van der Waals surface area contributed by atoms with E-state index in [4.69, 9.17) is 54.9 Å². The molecule has 1 aromatic rings. The topological polar surface area (TPSA) is 0 Å². The van der Waals surface area contributed by atoms with Crippen LogP contribution in [0.5, 0.6) is 0 Å². The van der Waals surface area contributed by atoms with Crippen molar-refractivity contribution < 1.29 is 0 Å². The van der Waals surface area contributed by atoms with Gasteiger partial charge in [0.25, 0.3) is 0 Å². The molecule has 0 saturated carbocycles. The van der Waals surface area contributed by atoms with Crippen molar-refractivity contribution in [3.63, 3.8) is 0 Å². The first kappa shape index (κ1) is 14.7. The van der Waals surface area contributed by atoms with Crippen molar-refractivity contribution >= 4 is 82.2 Å². The quantitative estimate of drug-likeness (QED) is 0.427. The van der Waals surface area contributed by atoms with E-state index in [2.05, 4.69) is 0 Å². The van der Waals surface area contributed by atoms with Crippen molar-refractivity contribution in [3.05, 3.63) is 5.56 Å². The molecular weight excluding hydrogens is 196 g/mol. The predicted octanol–water partition coefficient (Wildman–Crippen LogP) is -4.20. The van der Waals surface area contributed by atoms with Crippen LogP contribution in [0.15, 0.2) is 0 Å². The van der Waals surface area contributed by atoms with Crippen LogP contribution in [0.4, 0.5) is 0 Å². The highest BCUT2D eigenvalue weighted by Crippen LogP contribution is 2.21. The number of hydrogen-bond acceptors (Lipinski definition) is 0. The Hall–Kier alpha value is -0.325. The van der Waals surface area contributed by atoms with Gasteiger partial charge in [0, 0.05) is 0 Å². The van der Waals surface area contributed by atoms with Crippen LogP contribution in [0.3, 0.4) is 0 Å². The van der Waals surface area contributed by atoms with Gasteiger partial charge < -0.3 is 0 Å². The van der Waals surface area contributed by atoms with Gasteiger partial charge >= 0.3 is 0 Å². The smallest absolute Gasteiger partial charge is 0.112 e. The highest BCUT2D eigenvalue weighted by Gasteiger charge is 2.27. The van der Waals surface area contributed by atoms with Crippen LogP contribution in [0.1, 0.15) is 19.4 Å². The van der Waals surface area contributed by atoms with E-state index < -0.39 is 5.21 Å². The molecule has 0 aliphatic rings. The number of benzene rings is 1. The first-order chi connectivity index (χ1) is 7.62. The molecule has 0 aliphatic carbocycles. The maximum atomic E-state index is 6.04. The van der Waals surface area contributed by atoms with E-state index in [9.17, 15) is 0 Å². The molecule has 14 radical (unpaired) electrons. The molecule has 1 rings (SSSR count). The van der Waals surface area contributed by atoms with Gasteiger partial charge in [-0.05, 0) is 0 Å². The molecule has 0 aliphatic heterocycles. The van der Waals surface area contributed by atoms with E-state index >= 15 is 0 Å². The van der Waals surface area contributed by atoms with Crippen molar-refractivity contribution in [1.82, 2.24) is 0 Å². The lowest BCUT2D eigenvalue weighted by Crippen LogP contribution is -2.60. The van der Waals surface area contributed by atoms with E-state index in [1.54, 1.807) is 0 Å². The highest BCUT2D eigenvalue weighted by atomic mass is 14.2. The average Bonchev–Trinajstić information content (AvgIpc) is 2.23. The summed E-state index contributed by atoms with van der Waals surface area (Å²) in [6, 6.07) is 0. The lowest BCUT2D eigenvalue weighted by molar-refractivity contribution is 0.575. The third kappa shape index (κ3) is 2.30. The summed E-state index contributed by atoms with van der Waals surface area (Å²) in [4.78, 5) is 0. The summed E-state index contributed by atoms with van der Waals surface area (Å²) in [5.74, 6) is -0.102. The molecule has 0 fully saturated rings. The first-order valence-corrected chi connectivity index (χ1v) is 5.21. The van der Waals surface area contributed by atoms with Gasteiger partial charge in [0.15, 0.2) is 0 Å². The molecule has 0 nitrogen and oxygen atoms in total. The summed E-state index contributed by atoms with van der Waals surface area (Å²) in [5, 5.41) is -1.22. The number of hydrogen-bond donors (Lipinski definition) is 0. The van der Waals surface area contributed by atoms with Crippen LogP contribution < -0.4 is 27.3 Å². The molecule has 17 heavy (non-hydrogen) atoms. The van der Waals surface area contributed by atoms with Crippen LogP contribution in [0.2, 0.25) is 0 Å². The molecule has 0 bridgehead atoms. The van der Waals surface area contributed by atoms with Crippen molar-refractivity contribution in [2.45, 2.75) is 19.1 Å². The lowest BCUT2D eigenvalue weighted by atomic mass is 9.41. The molecule has 0 aromatic heterocycles. The summed E-state index contributed by atoms with van der Waals surface area (Å²) in [5.41, 5.74) is 1.20. The Balaban J connectivity index is 3.66. The Morgan fingerprint density at radius 1 is 0.706 bits per heavy atom. The fourth-order valence-electron chi connectivity index (χ4n) is 1.60. The van der Waals surface area contributed by atoms with Crippen LogP contribution in [0, 0.1) is 5.92 Å². The Morgan fingerprint density at radius 2 is 1.00 bits per heavy atom. The van der Waals surface area contributed by atoms with Gasteiger partial charge in [0.05, 0.1) is 15.7 Å². The van der Waals surface area contributed by atoms with E-state index in [0.29, 0.717) is 5.56 Å². The third-order valence-corrected chi connectivity index (χ3v) is 3.09. The minimum Gasteiger partial charge on any atom is -0.112 e. The first-order valence-electron chi connectivity index (χ1n) is 5.21. The second kappa shape index (κ2) is 4.74. The van der Waals surface area contributed by atoms with Gasteiger partial charge in [-0.3, -0.25) is 0 Å². The lowest BCUT2D eigenvalue weighted by Gasteiger charge is -2.37. The van der Waals surface area contributed by atoms with Crippen LogP contribution >= 0.6 is 0 Å². The second-order valence-electron chi connectivity index (χ2n) is 4.53. The van der Waals surface area contributed by atoms with Gasteiger partial charge in [0.1, 0.15) is 39.2 Å². The maximum Gasteiger partial charge on any atom is 0.113 e. The van der Waals surface area contributed by atoms with E-state index in [0.717, 1.165) is 0 Å². The third-order valence-electron chi connectivity index (χ3n) is 3.09. The maximum absolute atomic E-state index is 6.04. The molecule has 1 aromatic carbocycles. The van der Waals surface area contributed by atoms with Crippen LogP contribution in [-0.2, 0) is 5.21 Å². The zero-order valence-electron chi connectivity index (χ0n) is 10.1. The monoisotopic (exact) mass is 204 g/mol. The van der Waals surface area contributed by atoms with Gasteiger partial charge in [-0.1, -0.05) is 30.5 Å². The molecule has 0 amide bonds. The Morgan fingerprint density at radius 3 is 1.29 bits per heavy atom. The largest absolute Gasteiger partial charge is 0.113 e. The summed E-state index contributed by atoms with van der Waals surface area (Å²) in [7, 11) is 41.0. The molecule has 0 atom stereocenters. The van der Waals surface area contributed by atoms with E-state index in [-0.39, 0.29) is 33.2 Å². The molecule has 0 heterocycles. The molecule has 0 unspecified atom stereocenters. The fraction of sp³-hybridized carbons (Fsp3) is 0.400. The molecule has 0 N–H and O–H groups in total. The standard InChI is InChI=1S/C10H7B7/c1-3(2)10(16,17)4-5(11)7(13)9(15)8(14)6(4)12/h3H,1-2H3. The summed E-state index contributed by atoms with van der Waals surface area (Å²) < 4.78 is 0. The Kier molecular flexibility index (Phi) is 4.11. The van der Waals surface area contributed by atoms with E-state index in [1.165, 1.54) is 0 Å². The predicted molar refractivity (Wildman–Crippen MR) is 81.4 cm³/mol. The highest BCUT2D eigenvalue weighted by molar-refractivity contribution is 6.68. The average molecular weight is 203 g/mol. The normalized spacial score (nSPS) is 11.9. The van der Waals surface area contributed by atoms with Crippen molar-refractivity contribution in [3.8, 4) is 0 Å². The van der Waals surface area contributed by atoms with E-state index in [1.807, 2.05) is 13.8 Å². The minimum atomic E-state index is -1.22. The van der Waals surface area contributed by atoms with Crippen molar-refractivity contribution in [2.24, 2.45) is 5.92 Å². The summed E-state index contributed by atoms with van der Waals surface area (Å²) in [6.07, 6.45) is 0. The van der Waals surface area contributed by atoms with Crippen molar-refractivity contribution in [2.75, 3.05) is 0 Å². The molecule has 0 saturated heterocycles. The summed E-state index contributed by atoms with van der Waals surface area (Å²) in [6.45, 7) is 3.70. The van der Waals surface area contributed by atoms with Crippen LogP contribution in [-0.4, -0.2) is 54.9 Å². The van der Waals surface area contributed by atoms with Crippen LogP contribution in [0.25, 0.3) is 0 Å². The Labute approximate surface area is 113 Å². The molecule has 0 spiro atoms. The molecular formula is C10H7B7. The minimum absolute atomic E-state index is 0.102. The SMILES string of the molecule is [B]c1c([B])c([B])c(C([B])([B])C(C)C)c([B])c1[B]. The van der Waals surface area contributed by atoms with Gasteiger partial charge in [-0.25, -0.2) is 0 Å². The number of rotatable bonds is 2. The Bertz CT molecular complexity index is 421. The second-order valence-corrected chi connectivity index (χ2v) is 4.53. The molecule has 68 valence electrons. The van der Waals surface area contributed by atoms with Gasteiger partial charge in [-0.2, -0.15) is 0 Å². The van der Waals surface area contributed by atoms with Crippen molar-refractivity contribution in [1.29, 1.82) is 0 Å². The zero-order valence-corrected chi connectivity index (χ0v) is 10.1.